The summed E-state index contributed by atoms with van der Waals surface area (Å²) in [6.07, 6.45) is 2.13. The molecule has 1 atom stereocenters. The van der Waals surface area contributed by atoms with E-state index >= 15 is 0 Å². The fourth-order valence-electron chi connectivity index (χ4n) is 1.65. The lowest BCUT2D eigenvalue weighted by Crippen LogP contribution is -2.34. The van der Waals surface area contributed by atoms with Crippen molar-refractivity contribution in [1.82, 2.24) is 4.98 Å². The molecule has 3 N–H and O–H groups in total. The lowest BCUT2D eigenvalue weighted by molar-refractivity contribution is -0.118. The second kappa shape index (κ2) is 6.40. The van der Waals surface area contributed by atoms with Crippen LogP contribution in [0, 0.1) is 5.92 Å². The smallest absolute Gasteiger partial charge is 0.236 e. The molecule has 4 nitrogen and oxygen atoms in total. The summed E-state index contributed by atoms with van der Waals surface area (Å²) in [7, 11) is 0. The highest BCUT2D eigenvalue weighted by Gasteiger charge is 2.22. The fourth-order valence-corrected chi connectivity index (χ4v) is 2.37. The van der Waals surface area contributed by atoms with Crippen LogP contribution in [-0.4, -0.2) is 15.9 Å². The largest absolute Gasteiger partial charge is 0.393 e. The molecule has 0 fully saturated rings. The lowest BCUT2D eigenvalue weighted by Gasteiger charge is -2.14. The number of carbonyl (C=O) groups is 1. The van der Waals surface area contributed by atoms with Crippen LogP contribution in [0.15, 0.2) is 41.9 Å². The molecule has 0 spiro atoms. The monoisotopic (exact) mass is 291 g/mol. The topological polar surface area (TPSA) is 68.0 Å². The van der Waals surface area contributed by atoms with Gasteiger partial charge in [0.2, 0.25) is 5.91 Å². The molecule has 2 aromatic rings. The first-order valence-electron chi connectivity index (χ1n) is 5.70. The minimum atomic E-state index is -0.527. The maximum absolute atomic E-state index is 12.1. The van der Waals surface area contributed by atoms with Gasteiger partial charge in [0, 0.05) is 11.6 Å². The summed E-state index contributed by atoms with van der Waals surface area (Å²) in [6, 6.07) is 9.66. The Hall–Kier alpha value is -1.79. The molecule has 19 heavy (non-hydrogen) atoms. The van der Waals surface area contributed by atoms with Gasteiger partial charge in [0.15, 0.2) is 5.13 Å². The normalized spacial score (nSPS) is 11.8. The van der Waals surface area contributed by atoms with Crippen LogP contribution in [0.25, 0.3) is 0 Å². The van der Waals surface area contributed by atoms with Crippen LogP contribution in [0.4, 0.5) is 5.13 Å². The van der Waals surface area contributed by atoms with Crippen LogP contribution < -0.4 is 11.1 Å². The number of nitrogens with two attached hydrogens (primary N) is 1. The van der Waals surface area contributed by atoms with Crippen molar-refractivity contribution in [1.29, 1.82) is 0 Å². The molecule has 2 rings (SSSR count). The van der Waals surface area contributed by atoms with Gasteiger partial charge in [0.25, 0.3) is 0 Å². The van der Waals surface area contributed by atoms with Gasteiger partial charge in [0.1, 0.15) is 0 Å². The number of thiocarbonyl (C=S) groups is 1. The number of amides is 1. The molecule has 0 saturated carbocycles. The molecule has 0 saturated heterocycles. The van der Waals surface area contributed by atoms with Crippen LogP contribution >= 0.6 is 23.6 Å². The van der Waals surface area contributed by atoms with Crippen molar-refractivity contribution in [3.63, 3.8) is 0 Å². The Kier molecular flexibility index (Phi) is 4.59. The van der Waals surface area contributed by atoms with Crippen LogP contribution in [0.1, 0.15) is 5.56 Å². The molecule has 1 amide bonds. The number of nitrogens with zero attached hydrogens (tertiary/aromatic N) is 1. The maximum atomic E-state index is 12.1. The number of hydrogen-bond acceptors (Lipinski definition) is 4. The van der Waals surface area contributed by atoms with Crippen LogP contribution in [0.3, 0.4) is 0 Å². The van der Waals surface area contributed by atoms with Crippen molar-refractivity contribution >= 4 is 39.6 Å². The van der Waals surface area contributed by atoms with E-state index in [1.807, 2.05) is 30.3 Å². The zero-order chi connectivity index (χ0) is 13.7. The van der Waals surface area contributed by atoms with Crippen LogP contribution in [0.2, 0.25) is 0 Å². The molecule has 1 aromatic heterocycles. The number of hydrogen-bond donors (Lipinski definition) is 2. The number of aromatic nitrogens is 1. The summed E-state index contributed by atoms with van der Waals surface area (Å²) in [6.45, 7) is 0. The van der Waals surface area contributed by atoms with E-state index in [1.165, 1.54) is 11.3 Å². The standard InChI is InChI=1S/C13H13N3OS2/c14-11(18)10(8-9-4-2-1-3-5-9)12(17)16-13-15-6-7-19-13/h1-7,10H,8H2,(H2,14,18)(H,15,16,17). The number of thiazole rings is 1. The molecule has 6 heteroatoms. The maximum Gasteiger partial charge on any atom is 0.236 e. The third-order valence-electron chi connectivity index (χ3n) is 2.61. The van der Waals surface area contributed by atoms with Gasteiger partial charge >= 0.3 is 0 Å². The van der Waals surface area contributed by atoms with Gasteiger partial charge in [-0.3, -0.25) is 4.79 Å². The average molecular weight is 291 g/mol. The second-order valence-electron chi connectivity index (χ2n) is 3.97. The molecule has 0 aliphatic heterocycles. The van der Waals surface area contributed by atoms with Gasteiger partial charge in [-0.2, -0.15) is 0 Å². The Balaban J connectivity index is 2.07. The van der Waals surface area contributed by atoms with Crippen molar-refractivity contribution in [3.8, 4) is 0 Å². The summed E-state index contributed by atoms with van der Waals surface area (Å²) in [5, 5.41) is 5.07. The Morgan fingerprint density at radius 3 is 2.74 bits per heavy atom. The van der Waals surface area contributed by atoms with Gasteiger partial charge in [-0.05, 0) is 12.0 Å². The number of benzene rings is 1. The van der Waals surface area contributed by atoms with Crippen molar-refractivity contribution in [3.05, 3.63) is 47.5 Å². The number of rotatable bonds is 5. The zero-order valence-corrected chi connectivity index (χ0v) is 11.7. The zero-order valence-electron chi connectivity index (χ0n) is 10.1. The second-order valence-corrected chi connectivity index (χ2v) is 5.34. The van der Waals surface area contributed by atoms with E-state index < -0.39 is 5.92 Å². The Morgan fingerprint density at radius 2 is 2.16 bits per heavy atom. The first-order valence-corrected chi connectivity index (χ1v) is 6.99. The van der Waals surface area contributed by atoms with Crippen molar-refractivity contribution in [2.45, 2.75) is 6.42 Å². The van der Waals surface area contributed by atoms with E-state index in [-0.39, 0.29) is 10.9 Å². The van der Waals surface area contributed by atoms with E-state index in [0.717, 1.165) is 5.56 Å². The highest BCUT2D eigenvalue weighted by molar-refractivity contribution is 7.80. The third-order valence-corrected chi connectivity index (χ3v) is 3.58. The minimum Gasteiger partial charge on any atom is -0.393 e. The fraction of sp³-hybridized carbons (Fsp3) is 0.154. The first-order chi connectivity index (χ1) is 9.16. The van der Waals surface area contributed by atoms with Crippen molar-refractivity contribution in [2.75, 3.05) is 5.32 Å². The molecule has 1 unspecified atom stereocenters. The third kappa shape index (κ3) is 3.84. The first kappa shape index (κ1) is 13.6. The van der Waals surface area contributed by atoms with Gasteiger partial charge < -0.3 is 11.1 Å². The Labute approximate surface area is 120 Å². The van der Waals surface area contributed by atoms with E-state index in [9.17, 15) is 4.79 Å². The van der Waals surface area contributed by atoms with Gasteiger partial charge in [-0.1, -0.05) is 42.5 Å². The van der Waals surface area contributed by atoms with E-state index in [4.69, 9.17) is 18.0 Å². The minimum absolute atomic E-state index is 0.193. The van der Waals surface area contributed by atoms with Crippen LogP contribution in [0.5, 0.6) is 0 Å². The molecular weight excluding hydrogens is 278 g/mol. The summed E-state index contributed by atoms with van der Waals surface area (Å²) in [5.41, 5.74) is 6.69. The predicted octanol–water partition coefficient (Wildman–Crippen LogP) is 2.23. The molecule has 0 aliphatic rings. The van der Waals surface area contributed by atoms with Gasteiger partial charge in [-0.25, -0.2) is 4.98 Å². The summed E-state index contributed by atoms with van der Waals surface area (Å²) >= 11 is 6.35. The molecule has 98 valence electrons. The highest BCUT2D eigenvalue weighted by Crippen LogP contribution is 2.15. The Bertz CT molecular complexity index is 555. The lowest BCUT2D eigenvalue weighted by atomic mass is 9.98. The molecule has 0 bridgehead atoms. The quantitative estimate of drug-likeness (QED) is 0.829. The summed E-state index contributed by atoms with van der Waals surface area (Å²) in [4.78, 5) is 16.3. The van der Waals surface area contributed by atoms with E-state index in [2.05, 4.69) is 10.3 Å². The van der Waals surface area contributed by atoms with Crippen molar-refractivity contribution in [2.24, 2.45) is 11.7 Å². The van der Waals surface area contributed by atoms with Crippen LogP contribution in [-0.2, 0) is 11.2 Å². The molecule has 0 aliphatic carbocycles. The predicted molar refractivity (Wildman–Crippen MR) is 81.2 cm³/mol. The van der Waals surface area contributed by atoms with E-state index in [0.29, 0.717) is 11.6 Å². The summed E-state index contributed by atoms with van der Waals surface area (Å²) < 4.78 is 0. The van der Waals surface area contributed by atoms with Crippen molar-refractivity contribution < 1.29 is 4.79 Å². The molecule has 0 radical (unpaired) electrons. The SMILES string of the molecule is NC(=S)C(Cc1ccccc1)C(=O)Nc1nccs1. The molecular formula is C13H13N3OS2. The molecule has 1 heterocycles. The Morgan fingerprint density at radius 1 is 1.42 bits per heavy atom. The molecule has 1 aromatic carbocycles. The number of nitrogens with one attached hydrogen (secondary N) is 1. The summed E-state index contributed by atoms with van der Waals surface area (Å²) in [5.74, 6) is -0.743. The van der Waals surface area contributed by atoms with Gasteiger partial charge in [-0.15, -0.1) is 11.3 Å². The number of anilines is 1. The average Bonchev–Trinajstić information content (AvgIpc) is 2.89. The van der Waals surface area contributed by atoms with E-state index in [1.54, 1.807) is 11.6 Å². The highest BCUT2D eigenvalue weighted by atomic mass is 32.1. The number of carbonyl (C=O) groups excluding carboxylic acids is 1. The van der Waals surface area contributed by atoms with Gasteiger partial charge in [0.05, 0.1) is 10.9 Å².